The predicted octanol–water partition coefficient (Wildman–Crippen LogP) is 2.36. The molecular weight excluding hydrogens is 290 g/mol. The molecule has 0 bridgehead atoms. The van der Waals surface area contributed by atoms with E-state index in [1.165, 1.54) is 12.3 Å². The summed E-state index contributed by atoms with van der Waals surface area (Å²) in [7, 11) is -0.964. The molecule has 19 heavy (non-hydrogen) atoms. The fourth-order valence-corrected chi connectivity index (χ4v) is 3.38. The van der Waals surface area contributed by atoms with Crippen LogP contribution in [0.3, 0.4) is 0 Å². The lowest BCUT2D eigenvalue weighted by atomic mass is 9.84. The average molecular weight is 304 g/mol. The topological polar surface area (TPSA) is 85.1 Å². The molecule has 0 spiro atoms. The number of anilines is 1. The van der Waals surface area contributed by atoms with Crippen LogP contribution < -0.4 is 5.32 Å². The van der Waals surface area contributed by atoms with Crippen LogP contribution in [0.2, 0.25) is 5.02 Å². The highest BCUT2D eigenvalue weighted by atomic mass is 35.5. The molecule has 1 aromatic rings. The van der Waals surface area contributed by atoms with Gasteiger partial charge in [0, 0.05) is 35.9 Å². The van der Waals surface area contributed by atoms with Crippen molar-refractivity contribution in [2.45, 2.75) is 24.0 Å². The Morgan fingerprint density at radius 3 is 2.79 bits per heavy atom. The summed E-state index contributed by atoms with van der Waals surface area (Å²) in [5, 5.41) is 14.1. The highest BCUT2D eigenvalue weighted by Gasteiger charge is 2.41. The minimum Gasteiger partial charge on any atom is -0.363 e. The predicted molar refractivity (Wildman–Crippen MR) is 75.0 cm³/mol. The normalized spacial score (nSPS) is 18.4. The molecule has 1 fully saturated rings. The summed E-state index contributed by atoms with van der Waals surface area (Å²) < 4.78 is 11.5. The Morgan fingerprint density at radius 2 is 2.32 bits per heavy atom. The maximum Gasteiger partial charge on any atom is 0.312 e. The van der Waals surface area contributed by atoms with E-state index in [1.807, 2.05) is 0 Å². The molecule has 1 atom stereocenters. The van der Waals surface area contributed by atoms with Gasteiger partial charge in [-0.05, 0) is 12.8 Å². The molecule has 0 amide bonds. The summed E-state index contributed by atoms with van der Waals surface area (Å²) in [5.74, 6) is 0.172. The highest BCUT2D eigenvalue weighted by Crippen LogP contribution is 2.37. The van der Waals surface area contributed by atoms with Crippen molar-refractivity contribution in [3.63, 3.8) is 0 Å². The molecule has 0 radical (unpaired) electrons. The SMILES string of the molecule is C[S@](=O)C1(CNc2ncc(Cl)cc2[N+](=O)[O-])CCC1. The first-order valence-electron chi connectivity index (χ1n) is 5.82. The molecule has 0 aliphatic heterocycles. The first kappa shape index (κ1) is 14.2. The molecule has 8 heteroatoms. The smallest absolute Gasteiger partial charge is 0.312 e. The van der Waals surface area contributed by atoms with E-state index in [1.54, 1.807) is 6.26 Å². The summed E-state index contributed by atoms with van der Waals surface area (Å²) in [6.45, 7) is 0.422. The fourth-order valence-electron chi connectivity index (χ4n) is 2.09. The second-order valence-corrected chi connectivity index (χ2v) is 6.83. The van der Waals surface area contributed by atoms with Crippen LogP contribution in [0.15, 0.2) is 12.3 Å². The first-order chi connectivity index (χ1) is 8.94. The van der Waals surface area contributed by atoms with Crippen molar-refractivity contribution in [1.29, 1.82) is 0 Å². The molecule has 0 saturated heterocycles. The minimum atomic E-state index is -0.964. The van der Waals surface area contributed by atoms with Crippen LogP contribution in [-0.4, -0.2) is 31.7 Å². The van der Waals surface area contributed by atoms with Gasteiger partial charge < -0.3 is 5.32 Å². The van der Waals surface area contributed by atoms with Gasteiger partial charge in [-0.2, -0.15) is 0 Å². The van der Waals surface area contributed by atoms with Gasteiger partial charge in [0.15, 0.2) is 0 Å². The number of nitro groups is 1. The number of aromatic nitrogens is 1. The first-order valence-corrected chi connectivity index (χ1v) is 7.75. The number of hydrogen-bond donors (Lipinski definition) is 1. The van der Waals surface area contributed by atoms with E-state index in [2.05, 4.69) is 10.3 Å². The van der Waals surface area contributed by atoms with E-state index in [9.17, 15) is 14.3 Å². The van der Waals surface area contributed by atoms with Gasteiger partial charge in [-0.25, -0.2) is 4.98 Å². The maximum atomic E-state index is 11.7. The molecule has 1 aliphatic rings. The third-order valence-electron chi connectivity index (χ3n) is 3.48. The fraction of sp³-hybridized carbons (Fsp3) is 0.545. The van der Waals surface area contributed by atoms with Crippen LogP contribution in [0, 0.1) is 10.1 Å². The van der Waals surface area contributed by atoms with Crippen LogP contribution >= 0.6 is 11.6 Å². The molecule has 1 aliphatic carbocycles. The zero-order chi connectivity index (χ0) is 14.0. The zero-order valence-electron chi connectivity index (χ0n) is 10.4. The lowest BCUT2D eigenvalue weighted by molar-refractivity contribution is -0.384. The minimum absolute atomic E-state index is 0.163. The van der Waals surface area contributed by atoms with E-state index >= 15 is 0 Å². The Bertz CT molecular complexity index is 534. The third kappa shape index (κ3) is 2.87. The lowest BCUT2D eigenvalue weighted by Gasteiger charge is -2.39. The third-order valence-corrected chi connectivity index (χ3v) is 5.46. The molecule has 0 unspecified atom stereocenters. The number of nitrogens with zero attached hydrogens (tertiary/aromatic N) is 2. The second kappa shape index (κ2) is 5.42. The van der Waals surface area contributed by atoms with Crippen molar-refractivity contribution in [3.8, 4) is 0 Å². The van der Waals surface area contributed by atoms with Gasteiger partial charge in [-0.1, -0.05) is 18.0 Å². The van der Waals surface area contributed by atoms with Gasteiger partial charge in [0.05, 0.1) is 14.7 Å². The van der Waals surface area contributed by atoms with Gasteiger partial charge in [0.25, 0.3) is 0 Å². The number of halogens is 1. The van der Waals surface area contributed by atoms with Crippen molar-refractivity contribution in [2.24, 2.45) is 0 Å². The van der Waals surface area contributed by atoms with Gasteiger partial charge in [0.2, 0.25) is 5.82 Å². The van der Waals surface area contributed by atoms with E-state index in [-0.39, 0.29) is 21.3 Å². The Labute approximate surface area is 118 Å². The highest BCUT2D eigenvalue weighted by molar-refractivity contribution is 7.85. The lowest BCUT2D eigenvalue weighted by Crippen LogP contribution is -2.47. The van der Waals surface area contributed by atoms with Crippen LogP contribution in [0.1, 0.15) is 19.3 Å². The van der Waals surface area contributed by atoms with Crippen molar-refractivity contribution in [3.05, 3.63) is 27.4 Å². The van der Waals surface area contributed by atoms with Crippen LogP contribution in [0.4, 0.5) is 11.5 Å². The number of hydrogen-bond acceptors (Lipinski definition) is 5. The Morgan fingerprint density at radius 1 is 1.63 bits per heavy atom. The Hall–Kier alpha value is -1.21. The van der Waals surface area contributed by atoms with E-state index in [4.69, 9.17) is 11.6 Å². The number of pyridine rings is 1. The van der Waals surface area contributed by atoms with Crippen LogP contribution in [0.5, 0.6) is 0 Å². The van der Waals surface area contributed by atoms with Crippen molar-refractivity contribution >= 4 is 33.9 Å². The Balaban J connectivity index is 2.15. The van der Waals surface area contributed by atoms with Gasteiger partial charge >= 0.3 is 5.69 Å². The summed E-state index contributed by atoms with van der Waals surface area (Å²) in [6.07, 6.45) is 5.80. The standard InChI is InChI=1S/C11H14ClN3O3S/c1-19(18)11(3-2-4-11)7-14-10-9(15(16)17)5-8(12)6-13-10/h5-6H,2-4,7H2,1H3,(H,13,14)/t19-/m0/s1. The summed E-state index contributed by atoms with van der Waals surface area (Å²) >= 11 is 5.70. The molecule has 1 saturated carbocycles. The molecule has 1 N–H and O–H groups in total. The van der Waals surface area contributed by atoms with Crippen LogP contribution in [-0.2, 0) is 10.8 Å². The molecule has 0 aromatic carbocycles. The summed E-state index contributed by atoms with van der Waals surface area (Å²) in [5.41, 5.74) is -0.163. The van der Waals surface area contributed by atoms with Crippen LogP contribution in [0.25, 0.3) is 0 Å². The molecular formula is C11H14ClN3O3S. The van der Waals surface area contributed by atoms with Crippen molar-refractivity contribution in [2.75, 3.05) is 18.1 Å². The van der Waals surface area contributed by atoms with E-state index < -0.39 is 15.7 Å². The van der Waals surface area contributed by atoms with Crippen molar-refractivity contribution in [1.82, 2.24) is 4.98 Å². The largest absolute Gasteiger partial charge is 0.363 e. The van der Waals surface area contributed by atoms with Crippen molar-refractivity contribution < 1.29 is 9.13 Å². The van der Waals surface area contributed by atoms with Gasteiger partial charge in [0.1, 0.15) is 0 Å². The molecule has 2 rings (SSSR count). The maximum absolute atomic E-state index is 11.7. The number of nitrogens with one attached hydrogen (secondary N) is 1. The average Bonchev–Trinajstić information content (AvgIpc) is 2.28. The summed E-state index contributed by atoms with van der Waals surface area (Å²) in [4.78, 5) is 14.3. The molecule has 6 nitrogen and oxygen atoms in total. The Kier molecular flexibility index (Phi) is 4.05. The zero-order valence-corrected chi connectivity index (χ0v) is 12.0. The molecule has 1 heterocycles. The second-order valence-electron chi connectivity index (χ2n) is 4.62. The van der Waals surface area contributed by atoms with Gasteiger partial charge in [-0.3, -0.25) is 14.3 Å². The van der Waals surface area contributed by atoms with Gasteiger partial charge in [-0.15, -0.1) is 0 Å². The molecule has 104 valence electrons. The monoisotopic (exact) mass is 303 g/mol. The van der Waals surface area contributed by atoms with E-state index in [0.717, 1.165) is 19.3 Å². The van der Waals surface area contributed by atoms with E-state index in [0.29, 0.717) is 6.54 Å². The molecule has 1 aromatic heterocycles. The quantitative estimate of drug-likeness (QED) is 0.666. The number of rotatable bonds is 5. The summed E-state index contributed by atoms with van der Waals surface area (Å²) in [6, 6.07) is 1.26.